The monoisotopic (exact) mass is 264 g/mol. The first-order valence-electron chi connectivity index (χ1n) is 6.20. The third-order valence-corrected chi connectivity index (χ3v) is 2.60. The summed E-state index contributed by atoms with van der Waals surface area (Å²) >= 11 is 0. The van der Waals surface area contributed by atoms with E-state index < -0.39 is 0 Å². The Hall–Kier alpha value is -2.24. The van der Waals surface area contributed by atoms with E-state index in [4.69, 9.17) is 5.73 Å². The molecule has 1 aromatic carbocycles. The van der Waals surface area contributed by atoms with Gasteiger partial charge in [0.15, 0.2) is 0 Å². The van der Waals surface area contributed by atoms with Gasteiger partial charge < -0.3 is 21.7 Å². The van der Waals surface area contributed by atoms with Gasteiger partial charge in [-0.3, -0.25) is 9.59 Å². The summed E-state index contributed by atoms with van der Waals surface area (Å²) in [6.07, 6.45) is 0.369. The van der Waals surface area contributed by atoms with E-state index in [2.05, 4.69) is 16.0 Å². The highest BCUT2D eigenvalue weighted by atomic mass is 16.2. The molecule has 6 nitrogen and oxygen atoms in total. The fourth-order valence-corrected chi connectivity index (χ4v) is 1.56. The van der Waals surface area contributed by atoms with Gasteiger partial charge in [0.05, 0.1) is 11.4 Å². The lowest BCUT2D eigenvalue weighted by Gasteiger charge is -2.10. The highest BCUT2D eigenvalue weighted by molar-refractivity contribution is 5.96. The molecular weight excluding hydrogens is 244 g/mol. The Balaban J connectivity index is 2.62. The largest absolute Gasteiger partial charge is 0.397 e. The van der Waals surface area contributed by atoms with Crippen LogP contribution in [-0.2, 0) is 4.79 Å². The van der Waals surface area contributed by atoms with Crippen molar-refractivity contribution >= 4 is 23.2 Å². The van der Waals surface area contributed by atoms with Crippen LogP contribution in [0.4, 0.5) is 11.4 Å². The van der Waals surface area contributed by atoms with Gasteiger partial charge >= 0.3 is 0 Å². The number of rotatable bonds is 6. The fraction of sp³-hybridized carbons (Fsp3) is 0.385. The molecule has 0 aliphatic carbocycles. The first kappa shape index (κ1) is 14.8. The highest BCUT2D eigenvalue weighted by Crippen LogP contribution is 2.19. The number of hydrogen-bond acceptors (Lipinski definition) is 4. The molecule has 0 atom stereocenters. The molecule has 6 heteroatoms. The average Bonchev–Trinajstić information content (AvgIpc) is 2.40. The lowest BCUT2D eigenvalue weighted by Crippen LogP contribution is -2.23. The highest BCUT2D eigenvalue weighted by Gasteiger charge is 2.07. The zero-order valence-electron chi connectivity index (χ0n) is 11.2. The van der Waals surface area contributed by atoms with E-state index in [0.717, 1.165) is 5.69 Å². The van der Waals surface area contributed by atoms with Gasteiger partial charge in [0.2, 0.25) is 5.91 Å². The van der Waals surface area contributed by atoms with Crippen LogP contribution in [0.1, 0.15) is 23.7 Å². The quantitative estimate of drug-likeness (QED) is 0.565. The SMILES string of the molecule is CCNC(=O)c1ccc(NCCC(=O)NC)c(N)c1. The molecule has 0 unspecified atom stereocenters. The number of nitrogens with one attached hydrogen (secondary N) is 3. The van der Waals surface area contributed by atoms with Crippen LogP contribution in [0.5, 0.6) is 0 Å². The van der Waals surface area contributed by atoms with Crippen molar-refractivity contribution in [1.29, 1.82) is 0 Å². The zero-order chi connectivity index (χ0) is 14.3. The van der Waals surface area contributed by atoms with Gasteiger partial charge in [-0.15, -0.1) is 0 Å². The number of hydrogen-bond donors (Lipinski definition) is 4. The maximum atomic E-state index is 11.6. The summed E-state index contributed by atoms with van der Waals surface area (Å²) in [5.74, 6) is -0.184. The summed E-state index contributed by atoms with van der Waals surface area (Å²) in [6.45, 7) is 2.92. The number of carbonyl (C=O) groups is 2. The smallest absolute Gasteiger partial charge is 0.251 e. The predicted octanol–water partition coefficient (Wildman–Crippen LogP) is 0.567. The first-order chi connectivity index (χ1) is 9.08. The Bertz CT molecular complexity index is 460. The number of nitrogen functional groups attached to an aromatic ring is 1. The summed E-state index contributed by atoms with van der Waals surface area (Å²) in [7, 11) is 1.60. The Kier molecular flexibility index (Phi) is 5.66. The van der Waals surface area contributed by atoms with Gasteiger partial charge in [0, 0.05) is 32.1 Å². The van der Waals surface area contributed by atoms with Crippen LogP contribution in [0.15, 0.2) is 18.2 Å². The van der Waals surface area contributed by atoms with Gasteiger partial charge in [0.1, 0.15) is 0 Å². The molecule has 0 heterocycles. The summed E-state index contributed by atoms with van der Waals surface area (Å²) in [5, 5.41) is 8.31. The minimum absolute atomic E-state index is 0.0370. The van der Waals surface area contributed by atoms with Gasteiger partial charge in [-0.1, -0.05) is 0 Å². The van der Waals surface area contributed by atoms with Crippen molar-refractivity contribution in [3.8, 4) is 0 Å². The summed E-state index contributed by atoms with van der Waals surface area (Å²) < 4.78 is 0. The second-order valence-electron chi connectivity index (χ2n) is 4.01. The fourth-order valence-electron chi connectivity index (χ4n) is 1.56. The third kappa shape index (κ3) is 4.50. The van der Waals surface area contributed by atoms with Crippen molar-refractivity contribution in [2.45, 2.75) is 13.3 Å². The Labute approximate surface area is 112 Å². The minimum Gasteiger partial charge on any atom is -0.397 e. The van der Waals surface area contributed by atoms with Crippen molar-refractivity contribution in [1.82, 2.24) is 10.6 Å². The van der Waals surface area contributed by atoms with Crippen LogP contribution in [0, 0.1) is 0 Å². The van der Waals surface area contributed by atoms with Crippen LogP contribution in [0.3, 0.4) is 0 Å². The molecule has 1 aromatic rings. The van der Waals surface area contributed by atoms with E-state index in [0.29, 0.717) is 30.8 Å². The maximum Gasteiger partial charge on any atom is 0.251 e. The van der Waals surface area contributed by atoms with E-state index in [-0.39, 0.29) is 11.8 Å². The van der Waals surface area contributed by atoms with Crippen molar-refractivity contribution in [2.24, 2.45) is 0 Å². The number of amides is 2. The normalized spacial score (nSPS) is 9.79. The second kappa shape index (κ2) is 7.25. The van der Waals surface area contributed by atoms with Crippen LogP contribution in [-0.4, -0.2) is 32.0 Å². The van der Waals surface area contributed by atoms with E-state index in [1.165, 1.54) is 0 Å². The standard InChI is InChI=1S/C13H20N4O2/c1-3-16-13(19)9-4-5-11(10(14)8-9)17-7-6-12(18)15-2/h4-5,8,17H,3,6-7,14H2,1-2H3,(H,15,18)(H,16,19). The van der Waals surface area contributed by atoms with Gasteiger partial charge in [-0.25, -0.2) is 0 Å². The zero-order valence-corrected chi connectivity index (χ0v) is 11.2. The third-order valence-electron chi connectivity index (χ3n) is 2.60. The lowest BCUT2D eigenvalue weighted by molar-refractivity contribution is -0.120. The molecule has 0 saturated heterocycles. The van der Waals surface area contributed by atoms with Crippen LogP contribution < -0.4 is 21.7 Å². The van der Waals surface area contributed by atoms with Gasteiger partial charge in [-0.05, 0) is 25.1 Å². The maximum absolute atomic E-state index is 11.6. The first-order valence-corrected chi connectivity index (χ1v) is 6.20. The molecule has 0 aliphatic rings. The number of benzene rings is 1. The van der Waals surface area contributed by atoms with E-state index in [1.54, 1.807) is 25.2 Å². The molecule has 5 N–H and O–H groups in total. The summed E-state index contributed by atoms with van der Waals surface area (Å²) in [6, 6.07) is 5.06. The molecule has 0 aliphatic heterocycles. The second-order valence-corrected chi connectivity index (χ2v) is 4.01. The Morgan fingerprint density at radius 2 is 2.05 bits per heavy atom. The molecular formula is C13H20N4O2. The molecule has 19 heavy (non-hydrogen) atoms. The van der Waals surface area contributed by atoms with E-state index in [9.17, 15) is 9.59 Å². The van der Waals surface area contributed by atoms with Crippen molar-refractivity contribution in [2.75, 3.05) is 31.2 Å². The Morgan fingerprint density at radius 1 is 1.32 bits per heavy atom. The molecule has 104 valence electrons. The molecule has 0 radical (unpaired) electrons. The molecule has 2 amide bonds. The van der Waals surface area contributed by atoms with E-state index >= 15 is 0 Å². The molecule has 0 spiro atoms. The van der Waals surface area contributed by atoms with Crippen molar-refractivity contribution in [3.63, 3.8) is 0 Å². The van der Waals surface area contributed by atoms with Gasteiger partial charge in [0.25, 0.3) is 5.91 Å². The number of carbonyl (C=O) groups excluding carboxylic acids is 2. The average molecular weight is 264 g/mol. The molecule has 0 fully saturated rings. The lowest BCUT2D eigenvalue weighted by atomic mass is 10.1. The topological polar surface area (TPSA) is 96.2 Å². The number of anilines is 2. The number of nitrogens with two attached hydrogens (primary N) is 1. The minimum atomic E-state index is -0.147. The molecule has 0 aromatic heterocycles. The molecule has 1 rings (SSSR count). The predicted molar refractivity (Wildman–Crippen MR) is 76.0 cm³/mol. The van der Waals surface area contributed by atoms with Crippen molar-refractivity contribution in [3.05, 3.63) is 23.8 Å². The molecule has 0 bridgehead atoms. The Morgan fingerprint density at radius 3 is 2.63 bits per heavy atom. The van der Waals surface area contributed by atoms with E-state index in [1.807, 2.05) is 6.92 Å². The summed E-state index contributed by atoms with van der Waals surface area (Å²) in [5.41, 5.74) is 7.59. The van der Waals surface area contributed by atoms with Gasteiger partial charge in [-0.2, -0.15) is 0 Å². The van der Waals surface area contributed by atoms with Crippen LogP contribution in [0.25, 0.3) is 0 Å². The van der Waals surface area contributed by atoms with Crippen molar-refractivity contribution < 1.29 is 9.59 Å². The van der Waals surface area contributed by atoms with Crippen LogP contribution in [0.2, 0.25) is 0 Å². The summed E-state index contributed by atoms with van der Waals surface area (Å²) in [4.78, 5) is 22.7. The van der Waals surface area contributed by atoms with Crippen LogP contribution >= 0.6 is 0 Å². The molecule has 0 saturated carbocycles.